The molecule has 3 heterocycles. The number of nitrogens with one attached hydrogen (secondary N) is 1. The van der Waals surface area contributed by atoms with Crippen molar-refractivity contribution in [1.82, 2.24) is 9.99 Å². The fraction of sp³-hybridized carbons (Fsp3) is 0.293. The molecule has 2 aliphatic heterocycles. The zero-order valence-corrected chi connectivity index (χ0v) is 31.3. The number of ether oxygens (including phenoxy) is 1. The molecule has 10 nitrogen and oxygen atoms in total. The highest BCUT2D eigenvalue weighted by Gasteiger charge is 2.70. The third-order valence-corrected chi connectivity index (χ3v) is 12.2. The van der Waals surface area contributed by atoms with Gasteiger partial charge in [0.25, 0.3) is 11.8 Å². The van der Waals surface area contributed by atoms with Crippen LogP contribution < -0.4 is 15.1 Å². The molecule has 6 unspecified atom stereocenters. The number of aromatic nitrogens is 1. The number of carbonyl (C=O) groups excluding carboxylic acids is 4. The van der Waals surface area contributed by atoms with Crippen LogP contribution in [0.5, 0.6) is 11.5 Å². The van der Waals surface area contributed by atoms with Crippen LogP contribution in [-0.4, -0.2) is 45.8 Å². The highest BCUT2D eigenvalue weighted by Crippen LogP contribution is 2.65. The van der Waals surface area contributed by atoms with Gasteiger partial charge in [-0.3, -0.25) is 29.5 Å². The van der Waals surface area contributed by atoms with Crippen molar-refractivity contribution in [3.05, 3.63) is 123 Å². The molecule has 4 amide bonds. The minimum atomic E-state index is -4.76. The van der Waals surface area contributed by atoms with Gasteiger partial charge in [-0.1, -0.05) is 72.1 Å². The number of pyridine rings is 1. The van der Waals surface area contributed by atoms with Gasteiger partial charge in [0.15, 0.2) is 5.82 Å². The zero-order valence-electron chi connectivity index (χ0n) is 29.8. The number of hydrogen-bond acceptors (Lipinski definition) is 8. The number of hydrogen-bond donors (Lipinski definition) is 2. The van der Waals surface area contributed by atoms with E-state index in [-0.39, 0.29) is 36.1 Å². The summed E-state index contributed by atoms with van der Waals surface area (Å²) in [5.41, 5.74) is 2.60. The van der Waals surface area contributed by atoms with E-state index in [9.17, 15) is 32.7 Å². The summed E-state index contributed by atoms with van der Waals surface area (Å²) in [5, 5.41) is 11.1. The number of amides is 4. The minimum Gasteiger partial charge on any atom is -0.508 e. The largest absolute Gasteiger partial charge is 0.508 e. The number of phenols is 1. The van der Waals surface area contributed by atoms with Crippen molar-refractivity contribution in [1.29, 1.82) is 0 Å². The summed E-state index contributed by atoms with van der Waals surface area (Å²) in [6, 6.07) is 18.6. The molecule has 8 rings (SSSR count). The second kappa shape index (κ2) is 13.7. The summed E-state index contributed by atoms with van der Waals surface area (Å²) in [6.45, 7) is 2.00. The standard InChI is InChI=1S/C41H33Cl2F3N4O6/c1-3-20-4-10-24(11-5-20)49-36(52)28-15-14-26-29(33(28)38(49)54)18-30-37(53)50(48-35-31(43)16-22(19-47-35)41(44,45)46)39(55)40(30,21-6-8-23(42)9-7-21)34(26)27-13-12-25(51)17-32(27)56-2/h4-14,16-17,19,28-30,33-34,51H,3,15,18H2,1-2H3,(H,47,48). The molecule has 288 valence electrons. The summed E-state index contributed by atoms with van der Waals surface area (Å²) in [6.07, 6.45) is -1.47. The van der Waals surface area contributed by atoms with Crippen LogP contribution >= 0.6 is 23.2 Å². The molecule has 2 saturated heterocycles. The van der Waals surface area contributed by atoms with Crippen molar-refractivity contribution in [3.8, 4) is 11.5 Å². The molecule has 0 spiro atoms. The summed E-state index contributed by atoms with van der Waals surface area (Å²) < 4.78 is 46.3. The van der Waals surface area contributed by atoms with E-state index in [1.165, 1.54) is 24.1 Å². The van der Waals surface area contributed by atoms with Gasteiger partial charge in [-0.25, -0.2) is 4.98 Å². The lowest BCUT2D eigenvalue weighted by Gasteiger charge is -2.50. The van der Waals surface area contributed by atoms with Crippen LogP contribution in [0.3, 0.4) is 0 Å². The Labute approximate surface area is 328 Å². The SMILES string of the molecule is CCc1ccc(N2C(=O)C3CC=C4C(CC5C(=O)N(Nc6ncc(C(F)(F)F)cc6Cl)C(=O)C5(c5ccc(Cl)cc5)C4c4ccc(O)cc4OC)C3C2=O)cc1. The van der Waals surface area contributed by atoms with Crippen LogP contribution in [0.25, 0.3) is 0 Å². The van der Waals surface area contributed by atoms with E-state index in [1.807, 2.05) is 25.1 Å². The normalized spacial score (nSPS) is 25.8. The number of rotatable bonds is 7. The van der Waals surface area contributed by atoms with Gasteiger partial charge < -0.3 is 9.84 Å². The van der Waals surface area contributed by atoms with E-state index in [4.69, 9.17) is 27.9 Å². The number of methoxy groups -OCH3 is 1. The maximum Gasteiger partial charge on any atom is 0.417 e. The van der Waals surface area contributed by atoms with Crippen LogP contribution in [-0.2, 0) is 37.2 Å². The van der Waals surface area contributed by atoms with Crippen LogP contribution in [0.1, 0.15) is 47.9 Å². The van der Waals surface area contributed by atoms with E-state index in [0.29, 0.717) is 39.7 Å². The van der Waals surface area contributed by atoms with E-state index in [1.54, 1.807) is 42.5 Å². The highest BCUT2D eigenvalue weighted by molar-refractivity contribution is 6.33. The summed E-state index contributed by atoms with van der Waals surface area (Å²) >= 11 is 12.6. The Morgan fingerprint density at radius 1 is 0.946 bits per heavy atom. The smallest absolute Gasteiger partial charge is 0.417 e. The van der Waals surface area contributed by atoms with E-state index in [0.717, 1.165) is 17.0 Å². The van der Waals surface area contributed by atoms with E-state index in [2.05, 4.69) is 10.4 Å². The molecule has 0 bridgehead atoms. The fourth-order valence-electron chi connectivity index (χ4n) is 9.20. The number of carbonyl (C=O) groups is 4. The third-order valence-electron chi connectivity index (χ3n) is 11.7. The molecule has 0 radical (unpaired) electrons. The highest BCUT2D eigenvalue weighted by atomic mass is 35.5. The van der Waals surface area contributed by atoms with Gasteiger partial charge in [-0.2, -0.15) is 18.2 Å². The molecule has 15 heteroatoms. The Morgan fingerprint density at radius 3 is 2.30 bits per heavy atom. The second-order valence-electron chi connectivity index (χ2n) is 14.4. The molecular weight excluding hydrogens is 772 g/mol. The predicted octanol–water partition coefficient (Wildman–Crippen LogP) is 7.87. The molecule has 4 aromatic rings. The number of fused-ring (bicyclic) bond motifs is 4. The lowest BCUT2D eigenvalue weighted by atomic mass is 9.49. The Bertz CT molecular complexity index is 2340. The van der Waals surface area contributed by atoms with Crippen molar-refractivity contribution < 1.29 is 42.2 Å². The molecule has 3 aromatic carbocycles. The van der Waals surface area contributed by atoms with Gasteiger partial charge in [0.2, 0.25) is 11.8 Å². The number of allylic oxidation sites excluding steroid dienone is 2. The molecule has 2 N–H and O–H groups in total. The number of phenolic OH excluding ortho intramolecular Hbond substituents is 1. The predicted molar refractivity (Wildman–Crippen MR) is 200 cm³/mol. The molecule has 1 aromatic heterocycles. The average Bonchev–Trinajstić information content (AvgIpc) is 3.56. The van der Waals surface area contributed by atoms with Crippen molar-refractivity contribution >= 4 is 58.3 Å². The monoisotopic (exact) mass is 804 g/mol. The van der Waals surface area contributed by atoms with Crippen LogP contribution in [0.4, 0.5) is 24.7 Å². The molecule has 2 aliphatic carbocycles. The van der Waals surface area contributed by atoms with Crippen LogP contribution in [0.15, 0.2) is 90.6 Å². The van der Waals surface area contributed by atoms with Gasteiger partial charge in [0.1, 0.15) is 11.5 Å². The van der Waals surface area contributed by atoms with Crippen LogP contribution in [0.2, 0.25) is 10.0 Å². The summed E-state index contributed by atoms with van der Waals surface area (Å²) in [4.78, 5) is 63.9. The van der Waals surface area contributed by atoms with Crippen molar-refractivity contribution in [2.24, 2.45) is 23.7 Å². The number of imide groups is 2. The molecule has 4 aliphatic rings. The molecule has 3 fully saturated rings. The van der Waals surface area contributed by atoms with Gasteiger partial charge in [-0.05, 0) is 72.7 Å². The first kappa shape index (κ1) is 37.5. The zero-order chi connectivity index (χ0) is 39.8. The van der Waals surface area contributed by atoms with Gasteiger partial charge in [0.05, 0.1) is 46.6 Å². The Morgan fingerprint density at radius 2 is 1.66 bits per heavy atom. The first-order chi connectivity index (χ1) is 26.7. The first-order valence-electron chi connectivity index (χ1n) is 17.9. The number of anilines is 2. The molecular formula is C41H33Cl2F3N4O6. The maximum absolute atomic E-state index is 15.4. The minimum absolute atomic E-state index is 0.0505. The molecule has 6 atom stereocenters. The fourth-order valence-corrected chi connectivity index (χ4v) is 9.54. The number of aromatic hydroxyl groups is 1. The van der Waals surface area contributed by atoms with Crippen molar-refractivity contribution in [2.75, 3.05) is 17.4 Å². The Kier molecular flexibility index (Phi) is 9.15. The maximum atomic E-state index is 15.4. The van der Waals surface area contributed by atoms with Gasteiger partial charge in [-0.15, -0.1) is 0 Å². The lowest BCUT2D eigenvalue weighted by Crippen LogP contribution is -2.53. The van der Waals surface area contributed by atoms with Crippen molar-refractivity contribution in [3.63, 3.8) is 0 Å². The number of benzene rings is 3. The van der Waals surface area contributed by atoms with Crippen molar-refractivity contribution in [2.45, 2.75) is 43.7 Å². The quantitative estimate of drug-likeness (QED) is 0.143. The number of alkyl halides is 3. The summed E-state index contributed by atoms with van der Waals surface area (Å²) in [7, 11) is 1.39. The number of aryl methyl sites for hydroxylation is 1. The van der Waals surface area contributed by atoms with Gasteiger partial charge >= 0.3 is 6.18 Å². The Balaban J connectivity index is 1.31. The Hall–Kier alpha value is -5.40. The average molecular weight is 806 g/mol. The summed E-state index contributed by atoms with van der Waals surface area (Å²) in [5.74, 6) is -7.22. The van der Waals surface area contributed by atoms with Crippen LogP contribution in [0, 0.1) is 23.7 Å². The molecule has 56 heavy (non-hydrogen) atoms. The topological polar surface area (TPSA) is 129 Å². The number of halogens is 5. The second-order valence-corrected chi connectivity index (χ2v) is 15.2. The molecule has 1 saturated carbocycles. The number of hydrazine groups is 1. The third kappa shape index (κ3) is 5.65. The first-order valence-corrected chi connectivity index (χ1v) is 18.6. The van der Waals surface area contributed by atoms with E-state index < -0.39 is 69.5 Å². The number of nitrogens with zero attached hydrogens (tertiary/aromatic N) is 3. The van der Waals surface area contributed by atoms with E-state index >= 15 is 4.79 Å². The van der Waals surface area contributed by atoms with Gasteiger partial charge in [0, 0.05) is 28.8 Å². The lowest BCUT2D eigenvalue weighted by molar-refractivity contribution is -0.139.